The third-order valence-electron chi connectivity index (χ3n) is 3.43. The molecular formula is C17H13N3O3S. The molecule has 3 aromatic rings. The second kappa shape index (κ2) is 6.64. The fourth-order valence-corrected chi connectivity index (χ4v) is 3.11. The largest absolute Gasteiger partial charge is 0.453 e. The Balaban J connectivity index is 1.67. The van der Waals surface area contributed by atoms with Gasteiger partial charge in [0.2, 0.25) is 0 Å². The first-order valence-electron chi connectivity index (χ1n) is 7.17. The fourth-order valence-electron chi connectivity index (χ4n) is 2.25. The van der Waals surface area contributed by atoms with Crippen LogP contribution in [0.4, 0.5) is 0 Å². The van der Waals surface area contributed by atoms with E-state index in [1.165, 1.54) is 11.3 Å². The number of nitrogens with one attached hydrogen (secondary N) is 1. The number of ketones is 1. The first kappa shape index (κ1) is 15.9. The molecule has 7 heteroatoms. The highest BCUT2D eigenvalue weighted by Crippen LogP contribution is 2.21. The number of nitrogens with zero attached hydrogens (tertiary/aromatic N) is 2. The minimum atomic E-state index is -1.01. The van der Waals surface area contributed by atoms with Gasteiger partial charge in [0.15, 0.2) is 18.3 Å². The average molecular weight is 339 g/mol. The topological polar surface area (TPSA) is 95.8 Å². The summed E-state index contributed by atoms with van der Waals surface area (Å²) in [7, 11) is 0. The van der Waals surface area contributed by atoms with E-state index in [9.17, 15) is 14.9 Å². The summed E-state index contributed by atoms with van der Waals surface area (Å²) in [6.45, 7) is 1.32. The molecule has 3 rings (SSSR count). The second-order valence-electron chi connectivity index (χ2n) is 5.20. The molecule has 120 valence electrons. The molecular weight excluding hydrogens is 326 g/mol. The molecule has 0 unspecified atom stereocenters. The van der Waals surface area contributed by atoms with Gasteiger partial charge in [-0.1, -0.05) is 18.2 Å². The van der Waals surface area contributed by atoms with E-state index in [0.29, 0.717) is 5.01 Å². The van der Waals surface area contributed by atoms with Crippen LogP contribution in [0.2, 0.25) is 0 Å². The van der Waals surface area contributed by atoms with Crippen molar-refractivity contribution in [2.75, 3.05) is 6.61 Å². The highest BCUT2D eigenvalue weighted by atomic mass is 32.1. The van der Waals surface area contributed by atoms with Crippen LogP contribution in [0.25, 0.3) is 10.9 Å². The summed E-state index contributed by atoms with van der Waals surface area (Å²) in [6, 6.07) is 11.0. The molecule has 1 atom stereocenters. The van der Waals surface area contributed by atoms with Gasteiger partial charge in [0.05, 0.1) is 6.07 Å². The highest BCUT2D eigenvalue weighted by molar-refractivity contribution is 7.09. The standard InChI is InChI=1S/C17H13N3O3S/c1-10-9-24-16(19-10)12(7-18)15(21)8-23-17(22)14-6-11-4-2-3-5-13(11)20-14/h2-6,9,12,20H,8H2,1H3/t12-/m1/s1. The Morgan fingerprint density at radius 2 is 2.21 bits per heavy atom. The molecule has 0 saturated heterocycles. The summed E-state index contributed by atoms with van der Waals surface area (Å²) in [5.41, 5.74) is 1.82. The minimum Gasteiger partial charge on any atom is -0.453 e. The molecule has 0 aliphatic heterocycles. The fraction of sp³-hybridized carbons (Fsp3) is 0.176. The van der Waals surface area contributed by atoms with Crippen molar-refractivity contribution >= 4 is 34.0 Å². The number of hydrogen-bond donors (Lipinski definition) is 1. The van der Waals surface area contributed by atoms with E-state index in [-0.39, 0.29) is 5.69 Å². The first-order chi connectivity index (χ1) is 11.6. The second-order valence-corrected chi connectivity index (χ2v) is 6.09. The zero-order chi connectivity index (χ0) is 17.1. The summed E-state index contributed by atoms with van der Waals surface area (Å²) >= 11 is 1.24. The van der Waals surface area contributed by atoms with Crippen LogP contribution in [0.5, 0.6) is 0 Å². The quantitative estimate of drug-likeness (QED) is 0.721. The van der Waals surface area contributed by atoms with Gasteiger partial charge in [-0.05, 0) is 19.1 Å². The number of nitriles is 1. The van der Waals surface area contributed by atoms with E-state index in [1.807, 2.05) is 30.3 Å². The van der Waals surface area contributed by atoms with E-state index < -0.39 is 24.3 Å². The lowest BCUT2D eigenvalue weighted by Gasteiger charge is -2.06. The molecule has 0 aliphatic rings. The first-order valence-corrected chi connectivity index (χ1v) is 8.05. The Labute approximate surface area is 141 Å². The monoisotopic (exact) mass is 339 g/mol. The van der Waals surface area contributed by atoms with E-state index in [1.54, 1.807) is 18.4 Å². The van der Waals surface area contributed by atoms with Crippen LogP contribution in [0, 0.1) is 18.3 Å². The predicted molar refractivity (Wildman–Crippen MR) is 88.8 cm³/mol. The number of Topliss-reactive ketones (excluding diaryl/α,β-unsaturated/α-hetero) is 1. The number of hydrogen-bond acceptors (Lipinski definition) is 6. The molecule has 0 saturated carbocycles. The lowest BCUT2D eigenvalue weighted by molar-refractivity contribution is -0.122. The summed E-state index contributed by atoms with van der Waals surface area (Å²) in [5, 5.41) is 12.3. The van der Waals surface area contributed by atoms with Gasteiger partial charge in [-0.3, -0.25) is 4.79 Å². The Hall–Kier alpha value is -2.98. The van der Waals surface area contributed by atoms with Crippen LogP contribution in [-0.2, 0) is 9.53 Å². The van der Waals surface area contributed by atoms with E-state index >= 15 is 0 Å². The van der Waals surface area contributed by atoms with Gasteiger partial charge in [-0.2, -0.15) is 5.26 Å². The summed E-state index contributed by atoms with van der Waals surface area (Å²) in [6.07, 6.45) is 0. The maximum Gasteiger partial charge on any atom is 0.355 e. The summed E-state index contributed by atoms with van der Waals surface area (Å²) < 4.78 is 5.04. The van der Waals surface area contributed by atoms with E-state index in [2.05, 4.69) is 9.97 Å². The number of esters is 1. The normalized spacial score (nSPS) is 11.8. The molecule has 0 amide bonds. The average Bonchev–Trinajstić information content (AvgIpc) is 3.19. The summed E-state index contributed by atoms with van der Waals surface area (Å²) in [5.74, 6) is -2.14. The maximum absolute atomic E-state index is 12.1. The number of carbonyl (C=O) groups is 2. The zero-order valence-electron chi connectivity index (χ0n) is 12.8. The van der Waals surface area contributed by atoms with Crippen LogP contribution in [0.1, 0.15) is 27.1 Å². The van der Waals surface area contributed by atoms with Crippen molar-refractivity contribution in [1.82, 2.24) is 9.97 Å². The molecule has 2 aromatic heterocycles. The number of rotatable bonds is 5. The molecule has 2 heterocycles. The SMILES string of the molecule is Cc1csc([C@H](C#N)C(=O)COC(=O)c2cc3ccccc3[nH]2)n1. The van der Waals surface area contributed by atoms with Crippen LogP contribution < -0.4 is 0 Å². The molecule has 0 fully saturated rings. The third-order valence-corrected chi connectivity index (χ3v) is 4.46. The van der Waals surface area contributed by atoms with Crippen molar-refractivity contribution in [2.24, 2.45) is 0 Å². The Morgan fingerprint density at radius 1 is 1.42 bits per heavy atom. The van der Waals surface area contributed by atoms with Crippen LogP contribution >= 0.6 is 11.3 Å². The molecule has 0 radical (unpaired) electrons. The van der Waals surface area contributed by atoms with Gasteiger partial charge in [0, 0.05) is 22.0 Å². The molecule has 0 bridgehead atoms. The van der Waals surface area contributed by atoms with Gasteiger partial charge in [0.1, 0.15) is 10.7 Å². The zero-order valence-corrected chi connectivity index (χ0v) is 13.6. The van der Waals surface area contributed by atoms with Crippen molar-refractivity contribution in [3.63, 3.8) is 0 Å². The Morgan fingerprint density at radius 3 is 2.88 bits per heavy atom. The van der Waals surface area contributed by atoms with Crippen LogP contribution in [0.15, 0.2) is 35.7 Å². The Kier molecular flexibility index (Phi) is 4.40. The number of aryl methyl sites for hydroxylation is 1. The van der Waals surface area contributed by atoms with Gasteiger partial charge in [-0.25, -0.2) is 9.78 Å². The maximum atomic E-state index is 12.1. The van der Waals surface area contributed by atoms with Crippen molar-refractivity contribution < 1.29 is 14.3 Å². The minimum absolute atomic E-state index is 0.266. The third kappa shape index (κ3) is 3.19. The van der Waals surface area contributed by atoms with E-state index in [4.69, 9.17) is 4.74 Å². The molecule has 6 nitrogen and oxygen atoms in total. The number of ether oxygens (including phenoxy) is 1. The Bertz CT molecular complexity index is 918. The van der Waals surface area contributed by atoms with Crippen LogP contribution in [0.3, 0.4) is 0 Å². The smallest absolute Gasteiger partial charge is 0.355 e. The van der Waals surface area contributed by atoms with Crippen molar-refractivity contribution in [3.8, 4) is 6.07 Å². The predicted octanol–water partition coefficient (Wildman–Crippen LogP) is 2.97. The number of aromatic nitrogens is 2. The number of para-hydroxylation sites is 1. The lowest BCUT2D eigenvalue weighted by Crippen LogP contribution is -2.20. The number of thiazole rings is 1. The lowest BCUT2D eigenvalue weighted by atomic mass is 10.1. The number of fused-ring (bicyclic) bond motifs is 1. The van der Waals surface area contributed by atoms with Crippen LogP contribution in [-0.4, -0.2) is 28.3 Å². The molecule has 0 spiro atoms. The van der Waals surface area contributed by atoms with Crippen molar-refractivity contribution in [3.05, 3.63) is 52.1 Å². The molecule has 1 N–H and O–H groups in total. The number of aromatic amines is 1. The van der Waals surface area contributed by atoms with Crippen molar-refractivity contribution in [2.45, 2.75) is 12.8 Å². The molecule has 24 heavy (non-hydrogen) atoms. The molecule has 1 aromatic carbocycles. The summed E-state index contributed by atoms with van der Waals surface area (Å²) in [4.78, 5) is 31.3. The van der Waals surface area contributed by atoms with Gasteiger partial charge < -0.3 is 9.72 Å². The van der Waals surface area contributed by atoms with Gasteiger partial charge >= 0.3 is 5.97 Å². The number of carbonyl (C=O) groups excluding carboxylic acids is 2. The van der Waals surface area contributed by atoms with Gasteiger partial charge in [-0.15, -0.1) is 11.3 Å². The van der Waals surface area contributed by atoms with Gasteiger partial charge in [0.25, 0.3) is 0 Å². The van der Waals surface area contributed by atoms with Crippen molar-refractivity contribution in [1.29, 1.82) is 5.26 Å². The highest BCUT2D eigenvalue weighted by Gasteiger charge is 2.25. The number of H-pyrrole nitrogens is 1. The number of benzene rings is 1. The molecule has 0 aliphatic carbocycles. The van der Waals surface area contributed by atoms with E-state index in [0.717, 1.165) is 16.6 Å².